The van der Waals surface area contributed by atoms with E-state index in [9.17, 15) is 5.11 Å². The highest BCUT2D eigenvalue weighted by Crippen LogP contribution is 2.24. The SMILES string of the molecule is CCC(O)c1ccc2c(c1)COC2. The van der Waals surface area contributed by atoms with Crippen molar-refractivity contribution < 1.29 is 9.84 Å². The van der Waals surface area contributed by atoms with E-state index in [1.54, 1.807) is 0 Å². The maximum Gasteiger partial charge on any atom is 0.0787 e. The van der Waals surface area contributed by atoms with Crippen molar-refractivity contribution >= 4 is 0 Å². The first-order valence-electron chi connectivity index (χ1n) is 4.68. The minimum Gasteiger partial charge on any atom is -0.388 e. The van der Waals surface area contributed by atoms with Gasteiger partial charge in [-0.1, -0.05) is 25.1 Å². The minimum absolute atomic E-state index is 0.328. The van der Waals surface area contributed by atoms with Crippen LogP contribution >= 0.6 is 0 Å². The number of benzene rings is 1. The number of hydrogen-bond acceptors (Lipinski definition) is 2. The molecule has 0 bridgehead atoms. The van der Waals surface area contributed by atoms with Gasteiger partial charge in [-0.3, -0.25) is 0 Å². The molecular weight excluding hydrogens is 164 g/mol. The molecule has 1 unspecified atom stereocenters. The van der Waals surface area contributed by atoms with Crippen molar-refractivity contribution in [3.63, 3.8) is 0 Å². The van der Waals surface area contributed by atoms with Crippen LogP contribution in [0.5, 0.6) is 0 Å². The zero-order valence-electron chi connectivity index (χ0n) is 7.79. The van der Waals surface area contributed by atoms with Crippen LogP contribution in [-0.4, -0.2) is 5.11 Å². The van der Waals surface area contributed by atoms with Gasteiger partial charge in [0, 0.05) is 0 Å². The van der Waals surface area contributed by atoms with E-state index < -0.39 is 0 Å². The molecule has 0 aromatic heterocycles. The molecule has 1 aromatic rings. The Bertz CT molecular complexity index is 307. The van der Waals surface area contributed by atoms with Crippen molar-refractivity contribution in [3.8, 4) is 0 Å². The van der Waals surface area contributed by atoms with Crippen molar-refractivity contribution in [2.75, 3.05) is 0 Å². The predicted octanol–water partition coefficient (Wildman–Crippen LogP) is 2.16. The van der Waals surface area contributed by atoms with E-state index >= 15 is 0 Å². The van der Waals surface area contributed by atoms with Crippen LogP contribution in [0, 0.1) is 0 Å². The Balaban J connectivity index is 2.30. The lowest BCUT2D eigenvalue weighted by molar-refractivity contribution is 0.134. The molecule has 2 nitrogen and oxygen atoms in total. The molecule has 2 rings (SSSR count). The van der Waals surface area contributed by atoms with E-state index in [0.29, 0.717) is 6.61 Å². The fraction of sp³-hybridized carbons (Fsp3) is 0.455. The first-order valence-corrected chi connectivity index (χ1v) is 4.68. The summed E-state index contributed by atoms with van der Waals surface area (Å²) >= 11 is 0. The van der Waals surface area contributed by atoms with Gasteiger partial charge in [-0.15, -0.1) is 0 Å². The summed E-state index contributed by atoms with van der Waals surface area (Å²) in [7, 11) is 0. The van der Waals surface area contributed by atoms with Gasteiger partial charge in [0.05, 0.1) is 19.3 Å². The van der Waals surface area contributed by atoms with E-state index in [-0.39, 0.29) is 6.10 Å². The largest absolute Gasteiger partial charge is 0.388 e. The molecule has 0 saturated carbocycles. The molecule has 1 heterocycles. The molecule has 0 radical (unpaired) electrons. The number of ether oxygens (including phenoxy) is 1. The maximum absolute atomic E-state index is 9.62. The molecule has 13 heavy (non-hydrogen) atoms. The summed E-state index contributed by atoms with van der Waals surface area (Å²) in [5, 5.41) is 9.62. The van der Waals surface area contributed by atoms with Gasteiger partial charge < -0.3 is 9.84 Å². The highest BCUT2D eigenvalue weighted by atomic mass is 16.5. The number of aliphatic hydroxyl groups is 1. The Kier molecular flexibility index (Phi) is 2.34. The molecule has 0 amide bonds. The van der Waals surface area contributed by atoms with Crippen LogP contribution in [0.25, 0.3) is 0 Å². The molecule has 1 aliphatic heterocycles. The van der Waals surface area contributed by atoms with Gasteiger partial charge in [0.25, 0.3) is 0 Å². The van der Waals surface area contributed by atoms with Crippen LogP contribution < -0.4 is 0 Å². The highest BCUT2D eigenvalue weighted by molar-refractivity contribution is 5.34. The topological polar surface area (TPSA) is 29.5 Å². The molecule has 0 spiro atoms. The Hall–Kier alpha value is -0.860. The van der Waals surface area contributed by atoms with Gasteiger partial charge in [-0.05, 0) is 23.1 Å². The molecule has 1 aromatic carbocycles. The molecule has 2 heteroatoms. The lowest BCUT2D eigenvalue weighted by Crippen LogP contribution is -1.96. The van der Waals surface area contributed by atoms with Crippen molar-refractivity contribution in [1.29, 1.82) is 0 Å². The third-order valence-corrected chi connectivity index (χ3v) is 2.52. The Morgan fingerprint density at radius 1 is 1.38 bits per heavy atom. The molecule has 1 N–H and O–H groups in total. The van der Waals surface area contributed by atoms with Gasteiger partial charge in [-0.2, -0.15) is 0 Å². The van der Waals surface area contributed by atoms with E-state index in [0.717, 1.165) is 18.6 Å². The van der Waals surface area contributed by atoms with Crippen LogP contribution in [0.3, 0.4) is 0 Å². The first-order chi connectivity index (χ1) is 6.31. The Morgan fingerprint density at radius 3 is 2.92 bits per heavy atom. The third kappa shape index (κ3) is 1.60. The summed E-state index contributed by atoms with van der Waals surface area (Å²) in [5.41, 5.74) is 3.49. The van der Waals surface area contributed by atoms with Gasteiger partial charge in [0.15, 0.2) is 0 Å². The van der Waals surface area contributed by atoms with Gasteiger partial charge in [0.2, 0.25) is 0 Å². The Labute approximate surface area is 78.2 Å². The smallest absolute Gasteiger partial charge is 0.0787 e. The molecular formula is C11H14O2. The summed E-state index contributed by atoms with van der Waals surface area (Å²) in [6, 6.07) is 6.09. The zero-order chi connectivity index (χ0) is 9.26. The second kappa shape index (κ2) is 3.48. The lowest BCUT2D eigenvalue weighted by atomic mass is 10.0. The second-order valence-electron chi connectivity index (χ2n) is 3.44. The quantitative estimate of drug-likeness (QED) is 0.752. The van der Waals surface area contributed by atoms with E-state index in [4.69, 9.17) is 4.74 Å². The highest BCUT2D eigenvalue weighted by Gasteiger charge is 2.13. The number of rotatable bonds is 2. The maximum atomic E-state index is 9.62. The molecule has 0 fully saturated rings. The summed E-state index contributed by atoms with van der Waals surface area (Å²) in [6.45, 7) is 3.39. The molecule has 1 atom stereocenters. The summed E-state index contributed by atoms with van der Waals surface area (Å²) < 4.78 is 5.30. The number of aliphatic hydroxyl groups excluding tert-OH is 1. The van der Waals surface area contributed by atoms with Crippen LogP contribution in [0.1, 0.15) is 36.1 Å². The van der Waals surface area contributed by atoms with Crippen LogP contribution in [0.4, 0.5) is 0 Å². The fourth-order valence-electron chi connectivity index (χ4n) is 1.63. The Morgan fingerprint density at radius 2 is 2.15 bits per heavy atom. The third-order valence-electron chi connectivity index (χ3n) is 2.52. The average molecular weight is 178 g/mol. The first kappa shape index (κ1) is 8.73. The summed E-state index contributed by atoms with van der Waals surface area (Å²) in [5.74, 6) is 0. The van der Waals surface area contributed by atoms with Crippen LogP contribution in [-0.2, 0) is 18.0 Å². The summed E-state index contributed by atoms with van der Waals surface area (Å²) in [4.78, 5) is 0. The normalized spacial score (nSPS) is 17.1. The number of hydrogen-bond donors (Lipinski definition) is 1. The minimum atomic E-state index is -0.328. The summed E-state index contributed by atoms with van der Waals surface area (Å²) in [6.07, 6.45) is 0.436. The van der Waals surface area contributed by atoms with Crippen LogP contribution in [0.2, 0.25) is 0 Å². The molecule has 70 valence electrons. The van der Waals surface area contributed by atoms with E-state index in [1.165, 1.54) is 11.1 Å². The standard InChI is InChI=1S/C11H14O2/c1-2-11(12)8-3-4-9-6-13-7-10(9)5-8/h3-5,11-12H,2,6-7H2,1H3. The lowest BCUT2D eigenvalue weighted by Gasteiger charge is -2.08. The molecule has 1 aliphatic rings. The van der Waals surface area contributed by atoms with Gasteiger partial charge >= 0.3 is 0 Å². The fourth-order valence-corrected chi connectivity index (χ4v) is 1.63. The predicted molar refractivity (Wildman–Crippen MR) is 50.2 cm³/mol. The van der Waals surface area contributed by atoms with Crippen LogP contribution in [0.15, 0.2) is 18.2 Å². The van der Waals surface area contributed by atoms with Gasteiger partial charge in [0.1, 0.15) is 0 Å². The van der Waals surface area contributed by atoms with Crippen molar-refractivity contribution in [3.05, 3.63) is 34.9 Å². The van der Waals surface area contributed by atoms with Crippen molar-refractivity contribution in [2.24, 2.45) is 0 Å². The molecule has 0 aliphatic carbocycles. The monoisotopic (exact) mass is 178 g/mol. The van der Waals surface area contributed by atoms with Crippen molar-refractivity contribution in [2.45, 2.75) is 32.7 Å². The van der Waals surface area contributed by atoms with Crippen molar-refractivity contribution in [1.82, 2.24) is 0 Å². The van der Waals surface area contributed by atoms with E-state index in [1.807, 2.05) is 13.0 Å². The average Bonchev–Trinajstić information content (AvgIpc) is 2.63. The second-order valence-corrected chi connectivity index (χ2v) is 3.44. The van der Waals surface area contributed by atoms with Gasteiger partial charge in [-0.25, -0.2) is 0 Å². The van der Waals surface area contributed by atoms with E-state index in [2.05, 4.69) is 12.1 Å². The zero-order valence-corrected chi connectivity index (χ0v) is 7.79. The molecule has 0 saturated heterocycles. The number of fused-ring (bicyclic) bond motifs is 1.